The van der Waals surface area contributed by atoms with E-state index in [1.807, 2.05) is 52.2 Å². The molecule has 1 saturated heterocycles. The van der Waals surface area contributed by atoms with Crippen LogP contribution < -0.4 is 5.32 Å². The summed E-state index contributed by atoms with van der Waals surface area (Å²) in [4.78, 5) is 19.2. The zero-order chi connectivity index (χ0) is 19.2. The SMILES string of the molecule is O=C(NCc1nc(-c2ccccc2)n[nH]1)N1CCCC[C@@H]1CCn1cccn1. The standard InChI is InChI=1S/C20H25N7O/c28-20(21-15-18-23-19(25-24-18)16-7-2-1-3-8-16)27-13-5-4-9-17(27)10-14-26-12-6-11-22-26/h1-3,6-8,11-12,17H,4-5,9-10,13-15H2,(H,21,28)(H,23,24,25)/t17-/m1/s1. The third-order valence-electron chi connectivity index (χ3n) is 5.11. The number of nitrogens with one attached hydrogen (secondary N) is 2. The number of aromatic amines is 1. The van der Waals surface area contributed by atoms with Gasteiger partial charge in [-0.25, -0.2) is 9.78 Å². The van der Waals surface area contributed by atoms with E-state index in [4.69, 9.17) is 0 Å². The van der Waals surface area contributed by atoms with Crippen LogP contribution in [-0.4, -0.2) is 48.5 Å². The van der Waals surface area contributed by atoms with Gasteiger partial charge in [0.2, 0.25) is 0 Å². The highest BCUT2D eigenvalue weighted by Crippen LogP contribution is 2.20. The number of benzene rings is 1. The van der Waals surface area contributed by atoms with Crippen molar-refractivity contribution in [2.45, 2.75) is 44.8 Å². The van der Waals surface area contributed by atoms with Crippen LogP contribution in [0.5, 0.6) is 0 Å². The summed E-state index contributed by atoms with van der Waals surface area (Å²) in [7, 11) is 0. The molecular formula is C20H25N7O. The number of hydrogen-bond donors (Lipinski definition) is 2. The highest BCUT2D eigenvalue weighted by molar-refractivity contribution is 5.74. The highest BCUT2D eigenvalue weighted by Gasteiger charge is 2.26. The van der Waals surface area contributed by atoms with E-state index >= 15 is 0 Å². The number of piperidine rings is 1. The predicted molar refractivity (Wildman–Crippen MR) is 105 cm³/mol. The van der Waals surface area contributed by atoms with Crippen LogP contribution in [0.4, 0.5) is 4.79 Å². The van der Waals surface area contributed by atoms with E-state index in [-0.39, 0.29) is 12.1 Å². The van der Waals surface area contributed by atoms with Gasteiger partial charge in [0.05, 0.1) is 6.54 Å². The van der Waals surface area contributed by atoms with E-state index in [0.717, 1.165) is 44.3 Å². The summed E-state index contributed by atoms with van der Waals surface area (Å²) in [5, 5.41) is 14.4. The van der Waals surface area contributed by atoms with Crippen molar-refractivity contribution in [3.05, 3.63) is 54.6 Å². The fourth-order valence-electron chi connectivity index (χ4n) is 3.63. The number of likely N-dealkylation sites (tertiary alicyclic amines) is 1. The Kier molecular flexibility index (Phi) is 5.65. The molecule has 28 heavy (non-hydrogen) atoms. The second-order valence-electron chi connectivity index (χ2n) is 7.03. The van der Waals surface area contributed by atoms with Gasteiger partial charge in [-0.3, -0.25) is 9.78 Å². The van der Waals surface area contributed by atoms with E-state index < -0.39 is 0 Å². The molecule has 2 amide bonds. The maximum atomic E-state index is 12.8. The molecule has 146 valence electrons. The first kappa shape index (κ1) is 18.2. The van der Waals surface area contributed by atoms with Gasteiger partial charge in [0.25, 0.3) is 0 Å². The van der Waals surface area contributed by atoms with Crippen LogP contribution in [0.1, 0.15) is 31.5 Å². The van der Waals surface area contributed by atoms with Crippen molar-refractivity contribution in [1.82, 2.24) is 35.2 Å². The Bertz CT molecular complexity index is 875. The molecule has 4 rings (SSSR count). The lowest BCUT2D eigenvalue weighted by Gasteiger charge is -2.35. The summed E-state index contributed by atoms with van der Waals surface area (Å²) >= 11 is 0. The molecule has 8 nitrogen and oxygen atoms in total. The Labute approximate surface area is 164 Å². The molecule has 0 spiro atoms. The maximum Gasteiger partial charge on any atom is 0.318 e. The molecule has 0 saturated carbocycles. The van der Waals surface area contributed by atoms with E-state index in [9.17, 15) is 4.79 Å². The van der Waals surface area contributed by atoms with Gasteiger partial charge >= 0.3 is 6.03 Å². The van der Waals surface area contributed by atoms with Crippen molar-refractivity contribution in [2.24, 2.45) is 0 Å². The number of carbonyl (C=O) groups excluding carboxylic acids is 1. The summed E-state index contributed by atoms with van der Waals surface area (Å²) < 4.78 is 1.92. The van der Waals surface area contributed by atoms with Crippen LogP contribution in [0.15, 0.2) is 48.8 Å². The summed E-state index contributed by atoms with van der Waals surface area (Å²) in [5.41, 5.74) is 0.950. The Hall–Kier alpha value is -3.16. The van der Waals surface area contributed by atoms with Crippen LogP contribution in [0.2, 0.25) is 0 Å². The van der Waals surface area contributed by atoms with Crippen LogP contribution >= 0.6 is 0 Å². The van der Waals surface area contributed by atoms with Gasteiger partial charge in [-0.05, 0) is 31.7 Å². The molecule has 1 aliphatic heterocycles. The van der Waals surface area contributed by atoms with Crippen molar-refractivity contribution >= 4 is 6.03 Å². The molecule has 8 heteroatoms. The molecule has 2 N–H and O–H groups in total. The number of aromatic nitrogens is 5. The molecule has 1 fully saturated rings. The zero-order valence-corrected chi connectivity index (χ0v) is 15.8. The molecule has 1 atom stereocenters. The van der Waals surface area contributed by atoms with Gasteiger partial charge in [0.1, 0.15) is 5.82 Å². The molecular weight excluding hydrogens is 354 g/mol. The molecule has 0 radical (unpaired) electrons. The van der Waals surface area contributed by atoms with E-state index in [2.05, 4.69) is 25.6 Å². The number of urea groups is 1. The molecule has 3 aromatic rings. The molecule has 1 aromatic carbocycles. The summed E-state index contributed by atoms with van der Waals surface area (Å²) in [5.74, 6) is 1.29. The van der Waals surface area contributed by atoms with Crippen molar-refractivity contribution in [2.75, 3.05) is 6.54 Å². The third-order valence-corrected chi connectivity index (χ3v) is 5.11. The van der Waals surface area contributed by atoms with E-state index in [0.29, 0.717) is 18.2 Å². The lowest BCUT2D eigenvalue weighted by atomic mass is 10.00. The maximum absolute atomic E-state index is 12.8. The highest BCUT2D eigenvalue weighted by atomic mass is 16.2. The minimum Gasteiger partial charge on any atom is -0.331 e. The molecule has 0 unspecified atom stereocenters. The quantitative estimate of drug-likeness (QED) is 0.689. The Balaban J connectivity index is 1.32. The number of aryl methyl sites for hydroxylation is 1. The lowest BCUT2D eigenvalue weighted by molar-refractivity contribution is 0.142. The molecule has 3 heterocycles. The number of carbonyl (C=O) groups is 1. The van der Waals surface area contributed by atoms with Gasteiger partial charge < -0.3 is 10.2 Å². The lowest BCUT2D eigenvalue weighted by Crippen LogP contribution is -2.48. The van der Waals surface area contributed by atoms with Crippen LogP contribution in [-0.2, 0) is 13.1 Å². The fraction of sp³-hybridized carbons (Fsp3) is 0.400. The van der Waals surface area contributed by atoms with Gasteiger partial charge in [-0.15, -0.1) is 0 Å². The second kappa shape index (κ2) is 8.69. The van der Waals surface area contributed by atoms with Crippen LogP contribution in [0.25, 0.3) is 11.4 Å². The minimum atomic E-state index is -0.0390. The van der Waals surface area contributed by atoms with Gasteiger partial charge in [-0.2, -0.15) is 10.2 Å². The normalized spacial score (nSPS) is 16.9. The number of H-pyrrole nitrogens is 1. The minimum absolute atomic E-state index is 0.0390. The van der Waals surface area contributed by atoms with Gasteiger partial charge in [-0.1, -0.05) is 30.3 Å². The average molecular weight is 379 g/mol. The Morgan fingerprint density at radius 2 is 2.11 bits per heavy atom. The predicted octanol–water partition coefficient (Wildman–Crippen LogP) is 2.82. The van der Waals surface area contributed by atoms with Gasteiger partial charge in [0, 0.05) is 37.1 Å². The Morgan fingerprint density at radius 1 is 1.21 bits per heavy atom. The molecule has 1 aliphatic rings. The fourth-order valence-corrected chi connectivity index (χ4v) is 3.63. The monoisotopic (exact) mass is 379 g/mol. The molecule has 0 bridgehead atoms. The second-order valence-corrected chi connectivity index (χ2v) is 7.03. The largest absolute Gasteiger partial charge is 0.331 e. The molecule has 2 aromatic heterocycles. The number of rotatable bonds is 6. The van der Waals surface area contributed by atoms with E-state index in [1.54, 1.807) is 6.20 Å². The van der Waals surface area contributed by atoms with Crippen molar-refractivity contribution in [3.63, 3.8) is 0 Å². The van der Waals surface area contributed by atoms with Crippen LogP contribution in [0, 0.1) is 0 Å². The summed E-state index contributed by atoms with van der Waals surface area (Å²) in [6.07, 6.45) is 7.90. The zero-order valence-electron chi connectivity index (χ0n) is 15.8. The van der Waals surface area contributed by atoms with Crippen LogP contribution in [0.3, 0.4) is 0 Å². The first-order valence-electron chi connectivity index (χ1n) is 9.78. The summed E-state index contributed by atoms with van der Waals surface area (Å²) in [6.45, 7) is 1.95. The average Bonchev–Trinajstić information content (AvgIpc) is 3.43. The number of amides is 2. The van der Waals surface area contributed by atoms with Crippen molar-refractivity contribution in [3.8, 4) is 11.4 Å². The third kappa shape index (κ3) is 4.39. The number of nitrogens with zero attached hydrogens (tertiary/aromatic N) is 5. The van der Waals surface area contributed by atoms with Crippen molar-refractivity contribution < 1.29 is 4.79 Å². The first-order valence-corrected chi connectivity index (χ1v) is 9.78. The van der Waals surface area contributed by atoms with Crippen molar-refractivity contribution in [1.29, 1.82) is 0 Å². The number of hydrogen-bond acceptors (Lipinski definition) is 4. The van der Waals surface area contributed by atoms with E-state index in [1.165, 1.54) is 0 Å². The topological polar surface area (TPSA) is 91.7 Å². The first-order chi connectivity index (χ1) is 13.8. The Morgan fingerprint density at radius 3 is 2.93 bits per heavy atom. The smallest absolute Gasteiger partial charge is 0.318 e. The molecule has 0 aliphatic carbocycles. The van der Waals surface area contributed by atoms with Gasteiger partial charge in [0.15, 0.2) is 5.82 Å². The summed E-state index contributed by atoms with van der Waals surface area (Å²) in [6, 6.07) is 11.9.